The van der Waals surface area contributed by atoms with Crippen LogP contribution in [0.25, 0.3) is 0 Å². The number of nitrogens with zero attached hydrogens (tertiary/aromatic N) is 1. The number of hydrogen-bond donors (Lipinski definition) is 1. The van der Waals surface area contributed by atoms with Crippen LogP contribution in [0.3, 0.4) is 0 Å². The molecule has 2 N–H and O–H groups in total. The molecule has 0 aromatic heterocycles. The number of fused-ring (bicyclic) bond motifs is 1. The summed E-state index contributed by atoms with van der Waals surface area (Å²) in [5.74, 6) is 0. The van der Waals surface area contributed by atoms with Crippen LogP contribution < -0.4 is 5.73 Å². The van der Waals surface area contributed by atoms with Gasteiger partial charge in [0.1, 0.15) is 0 Å². The molecule has 0 spiro atoms. The maximum Gasteiger partial charge on any atom is 0.0622 e. The molecule has 2 aliphatic heterocycles. The van der Waals surface area contributed by atoms with Crippen molar-refractivity contribution in [3.05, 3.63) is 35.4 Å². The predicted octanol–water partition coefficient (Wildman–Crippen LogP) is 1.72. The third-order valence-electron chi connectivity index (χ3n) is 4.28. The van der Waals surface area contributed by atoms with Gasteiger partial charge in [0.05, 0.1) is 6.61 Å². The zero-order valence-corrected chi connectivity index (χ0v) is 10.8. The standard InChI is InChI=1S/C15H22N2O/c16-10-15-14-6-2-1-4-12(14)7-8-17(15)13-5-3-9-18-11-13/h1-2,4,6,13,15H,3,5,7-11,16H2. The lowest BCUT2D eigenvalue weighted by molar-refractivity contribution is -0.00212. The van der Waals surface area contributed by atoms with Gasteiger partial charge in [0, 0.05) is 31.8 Å². The van der Waals surface area contributed by atoms with Crippen LogP contribution in [-0.4, -0.2) is 37.2 Å². The molecule has 3 rings (SSSR count). The molecule has 0 aliphatic carbocycles. The number of rotatable bonds is 2. The summed E-state index contributed by atoms with van der Waals surface area (Å²) < 4.78 is 5.63. The van der Waals surface area contributed by atoms with Crippen molar-refractivity contribution in [2.45, 2.75) is 31.3 Å². The normalized spacial score (nSPS) is 28.9. The van der Waals surface area contributed by atoms with E-state index in [9.17, 15) is 0 Å². The highest BCUT2D eigenvalue weighted by Crippen LogP contribution is 2.32. The highest BCUT2D eigenvalue weighted by Gasteiger charge is 2.32. The minimum absolute atomic E-state index is 0.377. The fraction of sp³-hybridized carbons (Fsp3) is 0.600. The Morgan fingerprint density at radius 3 is 3.00 bits per heavy atom. The first-order valence-electron chi connectivity index (χ1n) is 7.01. The van der Waals surface area contributed by atoms with Crippen molar-refractivity contribution >= 4 is 0 Å². The highest BCUT2D eigenvalue weighted by atomic mass is 16.5. The molecule has 2 unspecified atom stereocenters. The Labute approximate surface area is 109 Å². The first-order valence-corrected chi connectivity index (χ1v) is 7.01. The number of ether oxygens (including phenoxy) is 1. The van der Waals surface area contributed by atoms with E-state index in [1.807, 2.05) is 0 Å². The summed E-state index contributed by atoms with van der Waals surface area (Å²) in [4.78, 5) is 2.57. The lowest BCUT2D eigenvalue weighted by Gasteiger charge is -2.43. The Balaban J connectivity index is 1.84. The molecule has 2 aliphatic rings. The maximum atomic E-state index is 6.03. The van der Waals surface area contributed by atoms with E-state index in [4.69, 9.17) is 10.5 Å². The quantitative estimate of drug-likeness (QED) is 0.863. The molecule has 1 aromatic rings. The molecule has 98 valence electrons. The molecule has 0 radical (unpaired) electrons. The molecule has 0 amide bonds. The van der Waals surface area contributed by atoms with Crippen molar-refractivity contribution in [1.29, 1.82) is 0 Å². The molecule has 3 nitrogen and oxygen atoms in total. The van der Waals surface area contributed by atoms with Crippen LogP contribution in [0, 0.1) is 0 Å². The van der Waals surface area contributed by atoms with Crippen molar-refractivity contribution < 1.29 is 4.74 Å². The summed E-state index contributed by atoms with van der Waals surface area (Å²) in [7, 11) is 0. The molecule has 18 heavy (non-hydrogen) atoms. The van der Waals surface area contributed by atoms with E-state index in [1.165, 1.54) is 24.0 Å². The van der Waals surface area contributed by atoms with Crippen LogP contribution in [-0.2, 0) is 11.2 Å². The fourth-order valence-corrected chi connectivity index (χ4v) is 3.36. The molecular weight excluding hydrogens is 224 g/mol. The van der Waals surface area contributed by atoms with E-state index < -0.39 is 0 Å². The molecule has 1 fully saturated rings. The summed E-state index contributed by atoms with van der Waals surface area (Å²) in [5, 5.41) is 0. The Hall–Kier alpha value is -0.900. The summed E-state index contributed by atoms with van der Waals surface area (Å²) in [6.45, 7) is 3.62. The average Bonchev–Trinajstić information content (AvgIpc) is 2.47. The Kier molecular flexibility index (Phi) is 3.64. The molecule has 1 saturated heterocycles. The third-order valence-corrected chi connectivity index (χ3v) is 4.28. The molecule has 2 heterocycles. The lowest BCUT2D eigenvalue weighted by atomic mass is 9.90. The first-order chi connectivity index (χ1) is 8.90. The molecular formula is C15H22N2O. The Bertz CT molecular complexity index is 401. The van der Waals surface area contributed by atoms with Gasteiger partial charge in [0.15, 0.2) is 0 Å². The average molecular weight is 246 g/mol. The highest BCUT2D eigenvalue weighted by molar-refractivity contribution is 5.33. The fourth-order valence-electron chi connectivity index (χ4n) is 3.36. The molecule has 0 bridgehead atoms. The van der Waals surface area contributed by atoms with E-state index in [1.54, 1.807) is 0 Å². The van der Waals surface area contributed by atoms with Crippen LogP contribution in [0.2, 0.25) is 0 Å². The van der Waals surface area contributed by atoms with E-state index in [0.717, 1.165) is 26.2 Å². The van der Waals surface area contributed by atoms with Gasteiger partial charge in [-0.25, -0.2) is 0 Å². The van der Waals surface area contributed by atoms with Crippen molar-refractivity contribution in [3.63, 3.8) is 0 Å². The largest absolute Gasteiger partial charge is 0.380 e. The first kappa shape index (κ1) is 12.2. The second-order valence-electron chi connectivity index (χ2n) is 5.31. The van der Waals surface area contributed by atoms with Crippen molar-refractivity contribution in [3.8, 4) is 0 Å². The van der Waals surface area contributed by atoms with Crippen LogP contribution in [0.5, 0.6) is 0 Å². The summed E-state index contributed by atoms with van der Waals surface area (Å²) in [6.07, 6.45) is 3.57. The SMILES string of the molecule is NCC1c2ccccc2CCN1C1CCCOC1. The van der Waals surface area contributed by atoms with E-state index >= 15 is 0 Å². The molecule has 3 heteroatoms. The predicted molar refractivity (Wildman–Crippen MR) is 72.5 cm³/mol. The van der Waals surface area contributed by atoms with Gasteiger partial charge in [-0.1, -0.05) is 24.3 Å². The van der Waals surface area contributed by atoms with Crippen LogP contribution in [0.1, 0.15) is 30.0 Å². The van der Waals surface area contributed by atoms with Gasteiger partial charge in [-0.05, 0) is 30.4 Å². The topological polar surface area (TPSA) is 38.5 Å². The summed E-state index contributed by atoms with van der Waals surface area (Å²) in [5.41, 5.74) is 8.93. The lowest BCUT2D eigenvalue weighted by Crippen LogP contribution is -2.48. The third kappa shape index (κ3) is 2.18. The smallest absolute Gasteiger partial charge is 0.0622 e. The Morgan fingerprint density at radius 2 is 2.22 bits per heavy atom. The van der Waals surface area contributed by atoms with E-state index in [-0.39, 0.29) is 0 Å². The van der Waals surface area contributed by atoms with Crippen LogP contribution in [0.4, 0.5) is 0 Å². The van der Waals surface area contributed by atoms with Crippen LogP contribution in [0.15, 0.2) is 24.3 Å². The zero-order valence-electron chi connectivity index (χ0n) is 10.8. The Morgan fingerprint density at radius 1 is 1.33 bits per heavy atom. The van der Waals surface area contributed by atoms with Gasteiger partial charge in [0.2, 0.25) is 0 Å². The van der Waals surface area contributed by atoms with Gasteiger partial charge < -0.3 is 10.5 Å². The van der Waals surface area contributed by atoms with Crippen molar-refractivity contribution in [2.75, 3.05) is 26.3 Å². The maximum absolute atomic E-state index is 6.03. The number of hydrogen-bond acceptors (Lipinski definition) is 3. The van der Waals surface area contributed by atoms with Crippen molar-refractivity contribution in [2.24, 2.45) is 5.73 Å². The molecule has 0 saturated carbocycles. The van der Waals surface area contributed by atoms with Gasteiger partial charge >= 0.3 is 0 Å². The number of benzene rings is 1. The monoisotopic (exact) mass is 246 g/mol. The van der Waals surface area contributed by atoms with Gasteiger partial charge in [0.25, 0.3) is 0 Å². The number of nitrogens with two attached hydrogens (primary N) is 1. The molecule has 2 atom stereocenters. The van der Waals surface area contributed by atoms with Crippen molar-refractivity contribution in [1.82, 2.24) is 4.90 Å². The zero-order chi connectivity index (χ0) is 12.4. The van der Waals surface area contributed by atoms with E-state index in [0.29, 0.717) is 18.6 Å². The van der Waals surface area contributed by atoms with Gasteiger partial charge in [-0.3, -0.25) is 4.90 Å². The van der Waals surface area contributed by atoms with Crippen LogP contribution >= 0.6 is 0 Å². The second-order valence-corrected chi connectivity index (χ2v) is 5.31. The molecule has 1 aromatic carbocycles. The minimum atomic E-state index is 0.377. The second kappa shape index (κ2) is 5.39. The summed E-state index contributed by atoms with van der Waals surface area (Å²) >= 11 is 0. The van der Waals surface area contributed by atoms with Gasteiger partial charge in [-0.15, -0.1) is 0 Å². The van der Waals surface area contributed by atoms with Gasteiger partial charge in [-0.2, -0.15) is 0 Å². The minimum Gasteiger partial charge on any atom is -0.380 e. The summed E-state index contributed by atoms with van der Waals surface area (Å²) in [6, 6.07) is 9.67. The van der Waals surface area contributed by atoms with E-state index in [2.05, 4.69) is 29.2 Å².